The molecule has 1 aliphatic heterocycles. The molecule has 0 unspecified atom stereocenters. The summed E-state index contributed by atoms with van der Waals surface area (Å²) < 4.78 is 1.79. The van der Waals surface area contributed by atoms with Gasteiger partial charge in [0.25, 0.3) is 0 Å². The molecule has 1 N–H and O–H groups in total. The Hall–Kier alpha value is -1.69. The highest BCUT2D eigenvalue weighted by molar-refractivity contribution is 5.69. The molecule has 0 amide bonds. The van der Waals surface area contributed by atoms with Crippen molar-refractivity contribution in [2.45, 2.75) is 58.0 Å². The molecule has 4 rings (SSSR count). The number of rotatable bonds is 3. The van der Waals surface area contributed by atoms with Gasteiger partial charge in [0.2, 0.25) is 5.65 Å². The van der Waals surface area contributed by atoms with E-state index in [4.69, 9.17) is 0 Å². The van der Waals surface area contributed by atoms with Crippen molar-refractivity contribution in [1.29, 1.82) is 0 Å². The van der Waals surface area contributed by atoms with Crippen molar-refractivity contribution in [2.75, 3.05) is 18.0 Å². The summed E-state index contributed by atoms with van der Waals surface area (Å²) in [5, 5.41) is 24.0. The van der Waals surface area contributed by atoms with Gasteiger partial charge in [-0.1, -0.05) is 27.2 Å². The van der Waals surface area contributed by atoms with E-state index in [0.29, 0.717) is 17.8 Å². The van der Waals surface area contributed by atoms with Gasteiger partial charge in [-0.15, -0.1) is 10.2 Å². The van der Waals surface area contributed by atoms with E-state index in [0.717, 1.165) is 49.4 Å². The summed E-state index contributed by atoms with van der Waals surface area (Å²) in [6.07, 6.45) is 5.81. The molecular formula is C18H27N5O. The highest BCUT2D eigenvalue weighted by Gasteiger charge is 2.48. The van der Waals surface area contributed by atoms with Crippen molar-refractivity contribution in [3.05, 3.63) is 18.1 Å². The third kappa shape index (κ3) is 2.39. The average Bonchev–Trinajstić information content (AvgIpc) is 3.21. The summed E-state index contributed by atoms with van der Waals surface area (Å²) in [5.41, 5.74) is 2.48. The summed E-state index contributed by atoms with van der Waals surface area (Å²) in [6, 6.07) is 2.16. The zero-order chi connectivity index (χ0) is 16.9. The van der Waals surface area contributed by atoms with Crippen LogP contribution >= 0.6 is 0 Å². The zero-order valence-electron chi connectivity index (χ0n) is 14.8. The fourth-order valence-electron chi connectivity index (χ4n) is 4.61. The van der Waals surface area contributed by atoms with Crippen LogP contribution < -0.4 is 4.90 Å². The molecule has 1 saturated carbocycles. The molecule has 0 spiro atoms. The Morgan fingerprint density at radius 3 is 2.96 bits per heavy atom. The van der Waals surface area contributed by atoms with Gasteiger partial charge in [0.1, 0.15) is 6.33 Å². The topological polar surface area (TPSA) is 66.5 Å². The molecule has 6 nitrogen and oxygen atoms in total. The maximum Gasteiger partial charge on any atom is 0.200 e. The Morgan fingerprint density at radius 1 is 1.38 bits per heavy atom. The molecule has 0 radical (unpaired) electrons. The van der Waals surface area contributed by atoms with Crippen molar-refractivity contribution in [2.24, 2.45) is 11.8 Å². The smallest absolute Gasteiger partial charge is 0.200 e. The fourth-order valence-corrected chi connectivity index (χ4v) is 4.61. The molecule has 0 bridgehead atoms. The standard InChI is InChI=1S/C18H27N5O/c1-4-18(24)7-5-6-13-9-22(10-14(13)18)16-8-15(12(2)3)21-23-11-19-20-17(16)23/h8,11-14,24H,4-7,9-10H2,1-3H3/t13-,14+,18-/m0/s1. The van der Waals surface area contributed by atoms with E-state index < -0.39 is 5.60 Å². The Morgan fingerprint density at radius 2 is 2.21 bits per heavy atom. The summed E-state index contributed by atoms with van der Waals surface area (Å²) in [7, 11) is 0. The van der Waals surface area contributed by atoms with E-state index in [2.05, 4.69) is 47.0 Å². The molecule has 3 heterocycles. The number of anilines is 1. The van der Waals surface area contributed by atoms with Crippen LogP contribution in [-0.4, -0.2) is 43.6 Å². The van der Waals surface area contributed by atoms with Crippen LogP contribution in [0, 0.1) is 11.8 Å². The fraction of sp³-hybridized carbons (Fsp3) is 0.722. The van der Waals surface area contributed by atoms with Gasteiger partial charge in [0, 0.05) is 19.0 Å². The number of aliphatic hydroxyl groups is 1. The molecule has 2 aromatic rings. The minimum Gasteiger partial charge on any atom is -0.390 e. The number of aromatic nitrogens is 4. The quantitative estimate of drug-likeness (QED) is 0.937. The summed E-state index contributed by atoms with van der Waals surface area (Å²) >= 11 is 0. The van der Waals surface area contributed by atoms with Crippen molar-refractivity contribution < 1.29 is 5.11 Å². The first-order valence-electron chi connectivity index (χ1n) is 9.20. The predicted molar refractivity (Wildman–Crippen MR) is 93.2 cm³/mol. The first-order valence-corrected chi connectivity index (χ1v) is 9.20. The Labute approximate surface area is 142 Å². The number of fused-ring (bicyclic) bond motifs is 2. The van der Waals surface area contributed by atoms with Crippen molar-refractivity contribution in [3.63, 3.8) is 0 Å². The lowest BCUT2D eigenvalue weighted by Gasteiger charge is -2.40. The van der Waals surface area contributed by atoms with Crippen molar-refractivity contribution >= 4 is 11.3 Å². The third-order valence-corrected chi connectivity index (χ3v) is 6.13. The van der Waals surface area contributed by atoms with Gasteiger partial charge in [0.15, 0.2) is 0 Å². The molecule has 6 heteroatoms. The van der Waals surface area contributed by atoms with E-state index in [1.54, 1.807) is 10.8 Å². The normalized spacial score (nSPS) is 30.3. The second kappa shape index (κ2) is 5.69. The van der Waals surface area contributed by atoms with Gasteiger partial charge < -0.3 is 10.0 Å². The van der Waals surface area contributed by atoms with Crippen LogP contribution in [0.1, 0.15) is 58.1 Å². The molecule has 24 heavy (non-hydrogen) atoms. The van der Waals surface area contributed by atoms with Gasteiger partial charge in [-0.3, -0.25) is 0 Å². The van der Waals surface area contributed by atoms with Crippen LogP contribution in [0.3, 0.4) is 0 Å². The van der Waals surface area contributed by atoms with Gasteiger partial charge in [0.05, 0.1) is 17.0 Å². The van der Waals surface area contributed by atoms with Crippen LogP contribution in [0.2, 0.25) is 0 Å². The first-order chi connectivity index (χ1) is 11.5. The lowest BCUT2D eigenvalue weighted by atomic mass is 9.69. The van der Waals surface area contributed by atoms with E-state index in [1.165, 1.54) is 6.42 Å². The molecule has 1 aliphatic carbocycles. The zero-order valence-corrected chi connectivity index (χ0v) is 14.8. The molecule has 130 valence electrons. The minimum atomic E-state index is -0.504. The summed E-state index contributed by atoms with van der Waals surface area (Å²) in [4.78, 5) is 2.40. The first kappa shape index (κ1) is 15.8. The molecule has 0 aromatic carbocycles. The van der Waals surface area contributed by atoms with Gasteiger partial charge >= 0.3 is 0 Å². The molecule has 2 aromatic heterocycles. The highest BCUT2D eigenvalue weighted by atomic mass is 16.3. The second-order valence-electron chi connectivity index (χ2n) is 7.83. The molecular weight excluding hydrogens is 302 g/mol. The lowest BCUT2D eigenvalue weighted by molar-refractivity contribution is -0.0597. The van der Waals surface area contributed by atoms with Crippen molar-refractivity contribution in [3.8, 4) is 0 Å². The third-order valence-electron chi connectivity index (χ3n) is 6.13. The lowest BCUT2D eigenvalue weighted by Crippen LogP contribution is -2.44. The van der Waals surface area contributed by atoms with Crippen LogP contribution in [0.4, 0.5) is 5.69 Å². The monoisotopic (exact) mass is 329 g/mol. The van der Waals surface area contributed by atoms with Crippen LogP contribution in [0.5, 0.6) is 0 Å². The van der Waals surface area contributed by atoms with E-state index >= 15 is 0 Å². The predicted octanol–water partition coefficient (Wildman–Crippen LogP) is 2.63. The highest BCUT2D eigenvalue weighted by Crippen LogP contribution is 2.45. The minimum absolute atomic E-state index is 0.355. The van der Waals surface area contributed by atoms with Gasteiger partial charge in [-0.2, -0.15) is 9.61 Å². The largest absolute Gasteiger partial charge is 0.390 e. The summed E-state index contributed by atoms with van der Waals surface area (Å²) in [6.45, 7) is 8.32. The second-order valence-corrected chi connectivity index (χ2v) is 7.83. The van der Waals surface area contributed by atoms with Crippen LogP contribution in [0.25, 0.3) is 5.65 Å². The van der Waals surface area contributed by atoms with Crippen LogP contribution in [-0.2, 0) is 0 Å². The molecule has 1 saturated heterocycles. The van der Waals surface area contributed by atoms with Gasteiger partial charge in [-0.05, 0) is 37.2 Å². The van der Waals surface area contributed by atoms with E-state index in [1.807, 2.05) is 0 Å². The average molecular weight is 329 g/mol. The Balaban J connectivity index is 1.72. The maximum absolute atomic E-state index is 11.1. The SMILES string of the molecule is CC[C@]1(O)CCC[C@H]2CN(c3cc(C(C)C)nn4cnnc34)C[C@H]21. The Bertz CT molecular complexity index is 742. The van der Waals surface area contributed by atoms with Crippen molar-refractivity contribution in [1.82, 2.24) is 19.8 Å². The molecule has 2 fully saturated rings. The maximum atomic E-state index is 11.1. The molecule has 3 atom stereocenters. The van der Waals surface area contributed by atoms with E-state index in [-0.39, 0.29) is 0 Å². The van der Waals surface area contributed by atoms with Gasteiger partial charge in [-0.25, -0.2) is 0 Å². The molecule has 2 aliphatic rings. The van der Waals surface area contributed by atoms with Crippen LogP contribution in [0.15, 0.2) is 12.4 Å². The Kier molecular flexibility index (Phi) is 3.75. The number of nitrogens with zero attached hydrogens (tertiary/aromatic N) is 5. The van der Waals surface area contributed by atoms with E-state index in [9.17, 15) is 5.11 Å². The summed E-state index contributed by atoms with van der Waals surface area (Å²) in [5.74, 6) is 1.28. The number of hydrogen-bond donors (Lipinski definition) is 1. The number of hydrogen-bond acceptors (Lipinski definition) is 5.